The molecule has 180 valence electrons. The van der Waals surface area contributed by atoms with Gasteiger partial charge in [0.2, 0.25) is 10.0 Å². The highest BCUT2D eigenvalue weighted by Crippen LogP contribution is 2.31. The smallest absolute Gasteiger partial charge is 0.214 e. The van der Waals surface area contributed by atoms with Crippen molar-refractivity contribution in [2.45, 2.75) is 32.9 Å². The fraction of sp³-hybridized carbons (Fsp3) is 0.269. The van der Waals surface area contributed by atoms with E-state index in [9.17, 15) is 13.5 Å². The zero-order chi connectivity index (χ0) is 24.9. The third-order valence-electron chi connectivity index (χ3n) is 5.39. The molecule has 0 aliphatic heterocycles. The molecule has 0 heterocycles. The van der Waals surface area contributed by atoms with Crippen molar-refractivity contribution in [1.82, 2.24) is 4.72 Å². The fourth-order valence-electron chi connectivity index (χ4n) is 3.43. The first-order valence-electron chi connectivity index (χ1n) is 10.8. The molecule has 0 saturated carbocycles. The normalized spacial score (nSPS) is 13.5. The van der Waals surface area contributed by atoms with Gasteiger partial charge in [0.05, 0.1) is 22.9 Å². The molecule has 0 unspecified atom stereocenters. The third kappa shape index (κ3) is 7.06. The molecule has 8 heteroatoms. The Morgan fingerprint density at radius 2 is 1.50 bits per heavy atom. The minimum atomic E-state index is -3.77. The summed E-state index contributed by atoms with van der Waals surface area (Å²) < 4.78 is 29.6. The first kappa shape index (κ1) is 26.2. The van der Waals surface area contributed by atoms with Crippen molar-refractivity contribution in [2.24, 2.45) is 10.4 Å². The monoisotopic (exact) mass is 518 g/mol. The summed E-state index contributed by atoms with van der Waals surface area (Å²) in [6, 6.07) is 20.7. The molecule has 3 rings (SSSR count). The van der Waals surface area contributed by atoms with Gasteiger partial charge in [-0.1, -0.05) is 105 Å². The molecule has 3 aromatic carbocycles. The Bertz CT molecular complexity index is 1200. The highest BCUT2D eigenvalue weighted by Gasteiger charge is 2.31. The van der Waals surface area contributed by atoms with Gasteiger partial charge < -0.3 is 5.11 Å². The molecule has 0 bridgehead atoms. The first-order valence-corrected chi connectivity index (χ1v) is 13.2. The summed E-state index contributed by atoms with van der Waals surface area (Å²) in [7, 11) is -3.77. The Kier molecular flexibility index (Phi) is 8.42. The van der Waals surface area contributed by atoms with Crippen LogP contribution < -0.4 is 4.72 Å². The Hall–Kier alpha value is -2.38. The van der Waals surface area contributed by atoms with E-state index >= 15 is 0 Å². The summed E-state index contributed by atoms with van der Waals surface area (Å²) in [5.41, 5.74) is 1.53. The van der Waals surface area contributed by atoms with E-state index in [4.69, 9.17) is 23.2 Å². The van der Waals surface area contributed by atoms with Crippen LogP contribution in [0.15, 0.2) is 77.8 Å². The maximum absolute atomic E-state index is 13.4. The zero-order valence-electron chi connectivity index (χ0n) is 19.2. The highest BCUT2D eigenvalue weighted by atomic mass is 35.5. The molecule has 34 heavy (non-hydrogen) atoms. The third-order valence-corrected chi connectivity index (χ3v) is 7.25. The molecule has 0 amide bonds. The predicted molar refractivity (Wildman–Crippen MR) is 141 cm³/mol. The molecule has 0 aliphatic carbocycles. The summed E-state index contributed by atoms with van der Waals surface area (Å²) >= 11 is 12.0. The average Bonchev–Trinajstić information content (AvgIpc) is 2.78. The standard InChI is InChI=1S/C26H28Cl2N2O3S/c1-26(2,3)23(29-16-20-14-21(27)15-22(28)25(20)31)17-34(32,33)30-24(18-10-6-4-7-11-18)19-12-8-5-9-13-19/h4-16,23-24,30-31H,17H2,1-3H3/t23-/m1/s1. The number of hydrogen-bond acceptors (Lipinski definition) is 4. The number of aliphatic imine (C=N–C) groups is 1. The van der Waals surface area contributed by atoms with Crippen molar-refractivity contribution in [1.29, 1.82) is 0 Å². The summed E-state index contributed by atoms with van der Waals surface area (Å²) in [5, 5.41) is 10.7. The second-order valence-electron chi connectivity index (χ2n) is 9.14. The van der Waals surface area contributed by atoms with Crippen LogP contribution in [0.1, 0.15) is 43.5 Å². The number of rotatable bonds is 8. The number of aromatic hydroxyl groups is 1. The molecular formula is C26H28Cl2N2O3S. The number of benzene rings is 3. The molecular weight excluding hydrogens is 491 g/mol. The van der Waals surface area contributed by atoms with Crippen molar-refractivity contribution >= 4 is 39.4 Å². The van der Waals surface area contributed by atoms with Crippen molar-refractivity contribution in [3.05, 3.63) is 99.5 Å². The minimum absolute atomic E-state index is 0.101. The number of nitrogens with one attached hydrogen (secondary N) is 1. The average molecular weight is 519 g/mol. The number of phenols is 1. The van der Waals surface area contributed by atoms with Crippen molar-refractivity contribution in [3.8, 4) is 5.75 Å². The first-order chi connectivity index (χ1) is 16.0. The summed E-state index contributed by atoms with van der Waals surface area (Å²) in [5.74, 6) is -0.394. The van der Waals surface area contributed by atoms with E-state index < -0.39 is 27.5 Å². The van der Waals surface area contributed by atoms with Gasteiger partial charge in [-0.15, -0.1) is 0 Å². The van der Waals surface area contributed by atoms with Crippen LogP contribution in [0.25, 0.3) is 0 Å². The molecule has 1 atom stereocenters. The van der Waals surface area contributed by atoms with Gasteiger partial charge in [-0.3, -0.25) is 4.99 Å². The van der Waals surface area contributed by atoms with Gasteiger partial charge in [0.15, 0.2) is 0 Å². The molecule has 3 aromatic rings. The van der Waals surface area contributed by atoms with E-state index in [-0.39, 0.29) is 16.5 Å². The zero-order valence-corrected chi connectivity index (χ0v) is 21.6. The number of nitrogens with zero attached hydrogens (tertiary/aromatic N) is 1. The van der Waals surface area contributed by atoms with E-state index in [1.807, 2.05) is 81.4 Å². The van der Waals surface area contributed by atoms with Crippen molar-refractivity contribution in [3.63, 3.8) is 0 Å². The lowest BCUT2D eigenvalue weighted by atomic mass is 9.88. The number of sulfonamides is 1. The lowest BCUT2D eigenvalue weighted by Gasteiger charge is -2.28. The van der Waals surface area contributed by atoms with Crippen LogP contribution in [0.5, 0.6) is 5.75 Å². The summed E-state index contributed by atoms with van der Waals surface area (Å²) in [6.45, 7) is 5.75. The van der Waals surface area contributed by atoms with Gasteiger partial charge in [-0.2, -0.15) is 0 Å². The lowest BCUT2D eigenvalue weighted by Crippen LogP contribution is -2.39. The van der Waals surface area contributed by atoms with Crippen LogP contribution in [0.3, 0.4) is 0 Å². The maximum Gasteiger partial charge on any atom is 0.214 e. The van der Waals surface area contributed by atoms with E-state index in [0.29, 0.717) is 10.6 Å². The number of halogens is 2. The highest BCUT2D eigenvalue weighted by molar-refractivity contribution is 7.89. The van der Waals surface area contributed by atoms with Crippen molar-refractivity contribution in [2.75, 3.05) is 5.75 Å². The topological polar surface area (TPSA) is 78.8 Å². The van der Waals surface area contributed by atoms with Gasteiger partial charge >= 0.3 is 0 Å². The maximum atomic E-state index is 13.4. The van der Waals surface area contributed by atoms with Crippen LogP contribution in [0.2, 0.25) is 10.0 Å². The van der Waals surface area contributed by atoms with Gasteiger partial charge in [0.1, 0.15) is 5.75 Å². The lowest BCUT2D eigenvalue weighted by molar-refractivity contribution is 0.342. The van der Waals surface area contributed by atoms with Crippen LogP contribution in [-0.4, -0.2) is 31.5 Å². The van der Waals surface area contributed by atoms with Crippen LogP contribution >= 0.6 is 23.2 Å². The Balaban J connectivity index is 1.90. The summed E-state index contributed by atoms with van der Waals surface area (Å²) in [4.78, 5) is 4.52. The van der Waals surface area contributed by atoms with E-state index in [2.05, 4.69) is 9.71 Å². The Labute approximate surface area is 211 Å². The Morgan fingerprint density at radius 1 is 0.971 bits per heavy atom. The minimum Gasteiger partial charge on any atom is -0.506 e. The number of hydrogen-bond donors (Lipinski definition) is 2. The number of phenolic OH excluding ortho intramolecular Hbond substituents is 1. The van der Waals surface area contributed by atoms with Crippen LogP contribution in [0.4, 0.5) is 0 Å². The van der Waals surface area contributed by atoms with Gasteiger partial charge in [0, 0.05) is 16.8 Å². The molecule has 2 N–H and O–H groups in total. The predicted octanol–water partition coefficient (Wildman–Crippen LogP) is 6.24. The Morgan fingerprint density at radius 3 is 2.00 bits per heavy atom. The van der Waals surface area contributed by atoms with Gasteiger partial charge in [-0.05, 0) is 28.7 Å². The second-order valence-corrected chi connectivity index (χ2v) is 11.8. The van der Waals surface area contributed by atoms with Crippen molar-refractivity contribution < 1.29 is 13.5 Å². The molecule has 0 radical (unpaired) electrons. The van der Waals surface area contributed by atoms with Gasteiger partial charge in [-0.25, -0.2) is 13.1 Å². The van der Waals surface area contributed by atoms with Gasteiger partial charge in [0.25, 0.3) is 0 Å². The quantitative estimate of drug-likeness (QED) is 0.346. The largest absolute Gasteiger partial charge is 0.506 e. The molecule has 5 nitrogen and oxygen atoms in total. The molecule has 0 saturated heterocycles. The molecule has 0 aromatic heterocycles. The van der Waals surface area contributed by atoms with Crippen LogP contribution in [-0.2, 0) is 10.0 Å². The second kappa shape index (κ2) is 10.9. The van der Waals surface area contributed by atoms with E-state index in [1.54, 1.807) is 0 Å². The van der Waals surface area contributed by atoms with E-state index in [0.717, 1.165) is 11.1 Å². The molecule has 0 fully saturated rings. The van der Waals surface area contributed by atoms with Crippen LogP contribution in [0, 0.1) is 5.41 Å². The van der Waals surface area contributed by atoms with E-state index in [1.165, 1.54) is 18.3 Å². The summed E-state index contributed by atoms with van der Waals surface area (Å²) in [6.07, 6.45) is 1.42. The fourth-order valence-corrected chi connectivity index (χ4v) is 5.66. The molecule has 0 aliphatic rings. The molecule has 0 spiro atoms. The SMILES string of the molecule is CC(C)(C)[C@@H](CS(=O)(=O)NC(c1ccccc1)c1ccccc1)N=Cc1cc(Cl)cc(Cl)c1O.